The fraction of sp³-hybridized carbons (Fsp3) is 0.235. The molecule has 21 heavy (non-hydrogen) atoms. The Labute approximate surface area is 123 Å². The van der Waals surface area contributed by atoms with Crippen LogP contribution in [-0.2, 0) is 0 Å². The van der Waals surface area contributed by atoms with Crippen molar-refractivity contribution in [3.63, 3.8) is 0 Å². The Morgan fingerprint density at radius 1 is 1.19 bits per heavy atom. The standard InChI is InChI=1S/C17H17FN2O/c1-10(2)14-8-15(20)11(3)6-17(14)21-16-5-4-13(18)7-12(16)9-19/h4-8,10H,20H2,1-3H3. The third-order valence-corrected chi connectivity index (χ3v) is 3.30. The highest BCUT2D eigenvalue weighted by molar-refractivity contribution is 5.56. The van der Waals surface area contributed by atoms with E-state index in [4.69, 9.17) is 15.7 Å². The van der Waals surface area contributed by atoms with Gasteiger partial charge in [-0.1, -0.05) is 13.8 Å². The largest absolute Gasteiger partial charge is 0.456 e. The van der Waals surface area contributed by atoms with E-state index in [0.29, 0.717) is 17.2 Å². The van der Waals surface area contributed by atoms with Crippen LogP contribution in [-0.4, -0.2) is 0 Å². The number of rotatable bonds is 3. The van der Waals surface area contributed by atoms with Gasteiger partial charge in [-0.25, -0.2) is 4.39 Å². The van der Waals surface area contributed by atoms with E-state index in [1.54, 1.807) is 0 Å². The zero-order chi connectivity index (χ0) is 15.6. The normalized spacial score (nSPS) is 10.5. The molecule has 2 N–H and O–H groups in total. The smallest absolute Gasteiger partial charge is 0.145 e. The van der Waals surface area contributed by atoms with Gasteiger partial charge in [-0.2, -0.15) is 5.26 Å². The van der Waals surface area contributed by atoms with E-state index < -0.39 is 5.82 Å². The number of nitrogens with zero attached hydrogens (tertiary/aromatic N) is 1. The average Bonchev–Trinajstić information content (AvgIpc) is 2.44. The van der Waals surface area contributed by atoms with Crippen molar-refractivity contribution < 1.29 is 9.13 Å². The molecule has 0 amide bonds. The summed E-state index contributed by atoms with van der Waals surface area (Å²) in [7, 11) is 0. The predicted octanol–water partition coefficient (Wildman–Crippen LogP) is 4.50. The molecule has 3 nitrogen and oxygen atoms in total. The summed E-state index contributed by atoms with van der Waals surface area (Å²) in [5, 5.41) is 9.08. The van der Waals surface area contributed by atoms with Crippen LogP contribution in [0.25, 0.3) is 0 Å². The second-order valence-electron chi connectivity index (χ2n) is 5.26. The molecule has 0 unspecified atom stereocenters. The number of nitrogen functional groups attached to an aromatic ring is 1. The Morgan fingerprint density at radius 3 is 2.52 bits per heavy atom. The summed E-state index contributed by atoms with van der Waals surface area (Å²) >= 11 is 0. The van der Waals surface area contributed by atoms with Crippen molar-refractivity contribution in [1.82, 2.24) is 0 Å². The van der Waals surface area contributed by atoms with Gasteiger partial charge < -0.3 is 10.5 Å². The predicted molar refractivity (Wildman–Crippen MR) is 80.9 cm³/mol. The molecule has 0 aromatic heterocycles. The van der Waals surface area contributed by atoms with E-state index in [2.05, 4.69) is 0 Å². The first-order valence-electron chi connectivity index (χ1n) is 6.70. The van der Waals surface area contributed by atoms with Gasteiger partial charge >= 0.3 is 0 Å². The van der Waals surface area contributed by atoms with Crippen LogP contribution in [0.15, 0.2) is 30.3 Å². The summed E-state index contributed by atoms with van der Waals surface area (Å²) in [6.07, 6.45) is 0. The van der Waals surface area contributed by atoms with Gasteiger partial charge in [-0.15, -0.1) is 0 Å². The number of nitriles is 1. The molecule has 0 atom stereocenters. The molecule has 0 aliphatic carbocycles. The van der Waals surface area contributed by atoms with Crippen LogP contribution in [0.5, 0.6) is 11.5 Å². The maximum atomic E-state index is 13.2. The molecule has 0 spiro atoms. The monoisotopic (exact) mass is 284 g/mol. The molecule has 0 saturated carbocycles. The Bertz CT molecular complexity index is 717. The molecule has 108 valence electrons. The highest BCUT2D eigenvalue weighted by Gasteiger charge is 2.13. The minimum absolute atomic E-state index is 0.166. The summed E-state index contributed by atoms with van der Waals surface area (Å²) in [4.78, 5) is 0. The fourth-order valence-electron chi connectivity index (χ4n) is 2.05. The SMILES string of the molecule is Cc1cc(Oc2ccc(F)cc2C#N)c(C(C)C)cc1N. The van der Waals surface area contributed by atoms with Gasteiger partial charge in [0.15, 0.2) is 0 Å². The highest BCUT2D eigenvalue weighted by atomic mass is 19.1. The van der Waals surface area contributed by atoms with Gasteiger partial charge in [0, 0.05) is 5.69 Å². The van der Waals surface area contributed by atoms with Gasteiger partial charge in [-0.05, 0) is 54.3 Å². The van der Waals surface area contributed by atoms with Crippen molar-refractivity contribution in [3.8, 4) is 17.6 Å². The molecule has 0 radical (unpaired) electrons. The molecule has 0 bridgehead atoms. The van der Waals surface area contributed by atoms with Crippen LogP contribution < -0.4 is 10.5 Å². The van der Waals surface area contributed by atoms with Gasteiger partial charge in [-0.3, -0.25) is 0 Å². The summed E-state index contributed by atoms with van der Waals surface area (Å²) in [6.45, 7) is 5.96. The van der Waals surface area contributed by atoms with Crippen molar-refractivity contribution in [2.75, 3.05) is 5.73 Å². The summed E-state index contributed by atoms with van der Waals surface area (Å²) in [5.74, 6) is 0.732. The molecule has 0 heterocycles. The Hall–Kier alpha value is -2.54. The molecule has 2 aromatic carbocycles. The highest BCUT2D eigenvalue weighted by Crippen LogP contribution is 2.35. The van der Waals surface area contributed by atoms with Crippen LogP contribution in [0.3, 0.4) is 0 Å². The van der Waals surface area contributed by atoms with E-state index >= 15 is 0 Å². The molecule has 0 aliphatic heterocycles. The summed E-state index contributed by atoms with van der Waals surface area (Å²) in [5.41, 5.74) is 8.65. The zero-order valence-corrected chi connectivity index (χ0v) is 12.3. The fourth-order valence-corrected chi connectivity index (χ4v) is 2.05. The minimum atomic E-state index is -0.462. The lowest BCUT2D eigenvalue weighted by molar-refractivity contribution is 0.469. The number of ether oxygens (including phenoxy) is 1. The van der Waals surface area contributed by atoms with Crippen molar-refractivity contribution in [2.45, 2.75) is 26.7 Å². The first kappa shape index (κ1) is 14.9. The third-order valence-electron chi connectivity index (χ3n) is 3.30. The van der Waals surface area contributed by atoms with E-state index in [0.717, 1.165) is 17.2 Å². The molecule has 0 fully saturated rings. The lowest BCUT2D eigenvalue weighted by atomic mass is 9.99. The first-order chi connectivity index (χ1) is 9.92. The summed E-state index contributed by atoms with van der Waals surface area (Å²) < 4.78 is 19.0. The van der Waals surface area contributed by atoms with E-state index in [1.807, 2.05) is 39.0 Å². The second-order valence-corrected chi connectivity index (χ2v) is 5.26. The minimum Gasteiger partial charge on any atom is -0.456 e. The number of nitrogens with two attached hydrogens (primary N) is 1. The van der Waals surface area contributed by atoms with Crippen LogP contribution in [0.1, 0.15) is 36.5 Å². The van der Waals surface area contributed by atoms with E-state index in [-0.39, 0.29) is 11.5 Å². The Balaban J connectivity index is 2.49. The first-order valence-corrected chi connectivity index (χ1v) is 6.70. The maximum absolute atomic E-state index is 13.2. The van der Waals surface area contributed by atoms with Crippen LogP contribution in [0, 0.1) is 24.1 Å². The molecule has 2 rings (SSSR count). The molecule has 0 saturated heterocycles. The lowest BCUT2D eigenvalue weighted by Gasteiger charge is -2.16. The molecule has 4 heteroatoms. The zero-order valence-electron chi connectivity index (χ0n) is 12.3. The van der Waals surface area contributed by atoms with E-state index in [1.165, 1.54) is 12.1 Å². The number of hydrogen-bond donors (Lipinski definition) is 1. The quantitative estimate of drug-likeness (QED) is 0.844. The van der Waals surface area contributed by atoms with Gasteiger partial charge in [0.2, 0.25) is 0 Å². The number of hydrogen-bond acceptors (Lipinski definition) is 3. The number of halogens is 1. The molecule has 2 aromatic rings. The number of anilines is 1. The van der Waals surface area contributed by atoms with Crippen LogP contribution >= 0.6 is 0 Å². The summed E-state index contributed by atoms with van der Waals surface area (Å²) in [6, 6.07) is 9.56. The number of benzene rings is 2. The molecule has 0 aliphatic rings. The van der Waals surface area contributed by atoms with Crippen LogP contribution in [0.4, 0.5) is 10.1 Å². The maximum Gasteiger partial charge on any atom is 0.145 e. The van der Waals surface area contributed by atoms with Gasteiger partial charge in [0.25, 0.3) is 0 Å². The van der Waals surface area contributed by atoms with Crippen molar-refractivity contribution >= 4 is 5.69 Å². The Kier molecular flexibility index (Phi) is 4.13. The van der Waals surface area contributed by atoms with Crippen LogP contribution in [0.2, 0.25) is 0 Å². The second kappa shape index (κ2) is 5.84. The lowest BCUT2D eigenvalue weighted by Crippen LogP contribution is -1.99. The van der Waals surface area contributed by atoms with Gasteiger partial charge in [0.1, 0.15) is 23.4 Å². The molecular formula is C17H17FN2O. The molecular weight excluding hydrogens is 267 g/mol. The third kappa shape index (κ3) is 3.14. The van der Waals surface area contributed by atoms with Crippen molar-refractivity contribution in [2.24, 2.45) is 0 Å². The van der Waals surface area contributed by atoms with Crippen molar-refractivity contribution in [1.29, 1.82) is 5.26 Å². The van der Waals surface area contributed by atoms with E-state index in [9.17, 15) is 4.39 Å². The average molecular weight is 284 g/mol. The number of aryl methyl sites for hydroxylation is 1. The van der Waals surface area contributed by atoms with Crippen molar-refractivity contribution in [3.05, 3.63) is 52.8 Å². The van der Waals surface area contributed by atoms with Gasteiger partial charge in [0.05, 0.1) is 5.56 Å². The Morgan fingerprint density at radius 2 is 1.90 bits per heavy atom. The topological polar surface area (TPSA) is 59.0 Å².